The fourth-order valence-corrected chi connectivity index (χ4v) is 9.57. The number of rotatable bonds is 14. The number of benzene rings is 2. The minimum atomic E-state index is -0.777. The van der Waals surface area contributed by atoms with Crippen LogP contribution >= 0.6 is 23.4 Å². The van der Waals surface area contributed by atoms with Crippen molar-refractivity contribution in [3.8, 4) is 5.75 Å². The highest BCUT2D eigenvalue weighted by molar-refractivity contribution is 8.02. The Kier molecular flexibility index (Phi) is 10.1. The summed E-state index contributed by atoms with van der Waals surface area (Å²) in [4.78, 5) is 48.6. The summed E-state index contributed by atoms with van der Waals surface area (Å²) in [5.41, 5.74) is 1.26. The molecule has 10 heteroatoms. The minimum absolute atomic E-state index is 0.00599. The van der Waals surface area contributed by atoms with Crippen LogP contribution in [-0.2, 0) is 14.4 Å². The van der Waals surface area contributed by atoms with Gasteiger partial charge in [-0.15, -0.1) is 24.9 Å². The molecule has 5 atom stereocenters. The maximum atomic E-state index is 14.7. The number of fused-ring (bicyclic) bond motifs is 1. The van der Waals surface area contributed by atoms with Gasteiger partial charge < -0.3 is 24.5 Å². The number of aliphatic hydroxyl groups is 1. The lowest BCUT2D eigenvalue weighted by molar-refractivity contribution is -0.139. The van der Waals surface area contributed by atoms with E-state index in [1.807, 2.05) is 37.3 Å². The normalized spacial score (nSPS) is 25.1. The number of likely N-dealkylation sites (tertiary alicyclic amines) is 1. The van der Waals surface area contributed by atoms with Crippen molar-refractivity contribution in [3.63, 3.8) is 0 Å². The van der Waals surface area contributed by atoms with Crippen LogP contribution < -0.4 is 14.5 Å². The average molecular weight is 638 g/mol. The molecule has 1 N–H and O–H groups in total. The van der Waals surface area contributed by atoms with Gasteiger partial charge in [-0.25, -0.2) is 0 Å². The molecule has 0 radical (unpaired) electrons. The molecule has 2 aromatic carbocycles. The fraction of sp³-hybridized carbons (Fsp3) is 0.441. The molecule has 0 saturated carbocycles. The van der Waals surface area contributed by atoms with Gasteiger partial charge in [0.05, 0.1) is 33.9 Å². The van der Waals surface area contributed by atoms with E-state index in [0.717, 1.165) is 6.42 Å². The quantitative estimate of drug-likeness (QED) is 0.222. The first kappa shape index (κ1) is 32.1. The second-order valence-electron chi connectivity index (χ2n) is 11.4. The first-order valence-electron chi connectivity index (χ1n) is 15.2. The molecule has 3 amide bonds. The Hall–Kier alpha value is -3.27. The van der Waals surface area contributed by atoms with Gasteiger partial charge in [0.25, 0.3) is 5.91 Å². The van der Waals surface area contributed by atoms with Crippen LogP contribution in [0.2, 0.25) is 5.02 Å². The highest BCUT2D eigenvalue weighted by Gasteiger charge is 2.74. The van der Waals surface area contributed by atoms with Crippen molar-refractivity contribution < 1.29 is 24.2 Å². The van der Waals surface area contributed by atoms with E-state index in [1.165, 1.54) is 0 Å². The predicted octanol–water partition coefficient (Wildman–Crippen LogP) is 5.34. The van der Waals surface area contributed by atoms with E-state index < -0.39 is 22.6 Å². The molecule has 3 heterocycles. The zero-order valence-electron chi connectivity index (χ0n) is 25.1. The standard InChI is InChI=1S/C34H40ClN3O5S/c1-4-19-36(23-13-15-24(16-14-23)43-6-3)31(40)28-27-17-18-34(44-27)29(28)32(41)38(21-9-10-22-39)30(34)33(42)37(20-5-2)26-12-8-7-11-25(26)35/h4-5,7-8,11-16,27-30,39H,1-2,6,9-10,17-22H2,3H3/t27-,28+,29-,30?,34?/m0/s1. The first-order chi connectivity index (χ1) is 21.3. The van der Waals surface area contributed by atoms with Crippen molar-refractivity contribution in [2.75, 3.05) is 42.6 Å². The maximum Gasteiger partial charge on any atom is 0.251 e. The van der Waals surface area contributed by atoms with E-state index in [4.69, 9.17) is 16.3 Å². The highest BCUT2D eigenvalue weighted by atomic mass is 35.5. The largest absolute Gasteiger partial charge is 0.494 e. The third-order valence-corrected chi connectivity index (χ3v) is 11.2. The molecule has 2 aromatic rings. The van der Waals surface area contributed by atoms with Crippen LogP contribution in [0.25, 0.3) is 0 Å². The van der Waals surface area contributed by atoms with E-state index in [0.29, 0.717) is 54.6 Å². The van der Waals surface area contributed by atoms with E-state index in [-0.39, 0.29) is 42.7 Å². The lowest BCUT2D eigenvalue weighted by Crippen LogP contribution is -2.55. The van der Waals surface area contributed by atoms with Gasteiger partial charge in [-0.3, -0.25) is 14.4 Å². The zero-order valence-corrected chi connectivity index (χ0v) is 26.6. The van der Waals surface area contributed by atoms with Gasteiger partial charge in [-0.2, -0.15) is 0 Å². The van der Waals surface area contributed by atoms with Crippen molar-refractivity contribution in [1.82, 2.24) is 4.90 Å². The first-order valence-corrected chi connectivity index (χ1v) is 16.5. The number of anilines is 2. The summed E-state index contributed by atoms with van der Waals surface area (Å²) in [6.07, 6.45) is 5.78. The second kappa shape index (κ2) is 13.8. The Labute approximate surface area is 268 Å². The Morgan fingerprint density at radius 1 is 1.09 bits per heavy atom. The van der Waals surface area contributed by atoms with Crippen LogP contribution in [-0.4, -0.2) is 76.6 Å². The van der Waals surface area contributed by atoms with E-state index >= 15 is 0 Å². The van der Waals surface area contributed by atoms with Gasteiger partial charge in [0.2, 0.25) is 11.8 Å². The summed E-state index contributed by atoms with van der Waals surface area (Å²) in [5, 5.41) is 9.83. The van der Waals surface area contributed by atoms with Crippen LogP contribution in [0.4, 0.5) is 11.4 Å². The van der Waals surface area contributed by atoms with Crippen LogP contribution in [0, 0.1) is 11.8 Å². The maximum absolute atomic E-state index is 14.7. The highest BCUT2D eigenvalue weighted by Crippen LogP contribution is 2.67. The van der Waals surface area contributed by atoms with Crippen LogP contribution in [0.1, 0.15) is 32.6 Å². The summed E-state index contributed by atoms with van der Waals surface area (Å²) in [5.74, 6) is -1.05. The molecule has 3 aliphatic rings. The van der Waals surface area contributed by atoms with Gasteiger partial charge in [0, 0.05) is 37.2 Å². The average Bonchev–Trinajstić information content (AvgIpc) is 3.67. The molecule has 0 aromatic heterocycles. The molecule has 5 rings (SSSR count). The fourth-order valence-electron chi connectivity index (χ4n) is 7.12. The van der Waals surface area contributed by atoms with Crippen LogP contribution in [0.3, 0.4) is 0 Å². The van der Waals surface area contributed by atoms with Gasteiger partial charge in [0.1, 0.15) is 11.8 Å². The molecule has 8 nitrogen and oxygen atoms in total. The number of carbonyl (C=O) groups excluding carboxylic acids is 3. The number of hydrogen-bond donors (Lipinski definition) is 1. The number of carbonyl (C=O) groups is 3. The number of ether oxygens (including phenoxy) is 1. The molecule has 2 unspecified atom stereocenters. The summed E-state index contributed by atoms with van der Waals surface area (Å²) in [7, 11) is 0. The number of hydrogen-bond acceptors (Lipinski definition) is 6. The molecular formula is C34H40ClN3O5S. The van der Waals surface area contributed by atoms with Crippen molar-refractivity contribution in [2.45, 2.75) is 48.6 Å². The van der Waals surface area contributed by atoms with E-state index in [9.17, 15) is 19.5 Å². The van der Waals surface area contributed by atoms with Gasteiger partial charge in [0.15, 0.2) is 0 Å². The third-order valence-electron chi connectivity index (χ3n) is 8.88. The van der Waals surface area contributed by atoms with Crippen molar-refractivity contribution >= 4 is 52.5 Å². The smallest absolute Gasteiger partial charge is 0.251 e. The molecule has 1 spiro atoms. The summed E-state index contributed by atoms with van der Waals surface area (Å²) in [6, 6.07) is 13.8. The molecular weight excluding hydrogens is 598 g/mol. The Bertz CT molecular complexity index is 1400. The summed E-state index contributed by atoms with van der Waals surface area (Å²) >= 11 is 8.20. The second-order valence-corrected chi connectivity index (χ2v) is 13.4. The van der Waals surface area contributed by atoms with E-state index in [1.54, 1.807) is 56.8 Å². The van der Waals surface area contributed by atoms with Crippen molar-refractivity contribution in [3.05, 3.63) is 78.9 Å². The number of aliphatic hydroxyl groups excluding tert-OH is 1. The Balaban J connectivity index is 1.53. The number of para-hydroxylation sites is 1. The summed E-state index contributed by atoms with van der Waals surface area (Å²) < 4.78 is 4.84. The molecule has 3 aliphatic heterocycles. The van der Waals surface area contributed by atoms with E-state index in [2.05, 4.69) is 13.2 Å². The number of halogens is 1. The van der Waals surface area contributed by atoms with Gasteiger partial charge in [-0.1, -0.05) is 35.9 Å². The van der Waals surface area contributed by atoms with Gasteiger partial charge in [-0.05, 0) is 69.0 Å². The lowest BCUT2D eigenvalue weighted by Gasteiger charge is -2.37. The Morgan fingerprint density at radius 2 is 1.80 bits per heavy atom. The molecule has 0 aliphatic carbocycles. The molecule has 44 heavy (non-hydrogen) atoms. The molecule has 234 valence electrons. The Morgan fingerprint density at radius 3 is 2.45 bits per heavy atom. The number of amides is 3. The van der Waals surface area contributed by atoms with Gasteiger partial charge >= 0.3 is 0 Å². The summed E-state index contributed by atoms with van der Waals surface area (Å²) in [6.45, 7) is 11.0. The van der Waals surface area contributed by atoms with Crippen molar-refractivity contribution in [2.24, 2.45) is 11.8 Å². The SMILES string of the molecule is C=CCN(C(=O)[C@@H]1[C@@H]2CCC3(S2)C(C(=O)N(CC=C)c2ccccc2Cl)N(CCCCO)C(=O)[C@H]13)c1ccc(OCC)cc1. The molecule has 2 bridgehead atoms. The van der Waals surface area contributed by atoms with Crippen molar-refractivity contribution in [1.29, 1.82) is 0 Å². The predicted molar refractivity (Wildman–Crippen MR) is 176 cm³/mol. The topological polar surface area (TPSA) is 90.4 Å². The van der Waals surface area contributed by atoms with Crippen LogP contribution in [0.15, 0.2) is 73.8 Å². The van der Waals surface area contributed by atoms with Crippen LogP contribution in [0.5, 0.6) is 5.75 Å². The molecule has 3 fully saturated rings. The zero-order chi connectivity index (χ0) is 31.4. The molecule has 3 saturated heterocycles. The minimum Gasteiger partial charge on any atom is -0.494 e. The third kappa shape index (κ3) is 5.66. The number of unbranched alkanes of at least 4 members (excludes halogenated alkanes) is 1. The number of nitrogens with zero attached hydrogens (tertiary/aromatic N) is 3. The lowest BCUT2D eigenvalue weighted by atomic mass is 9.70. The monoisotopic (exact) mass is 637 g/mol. The number of thioether (sulfide) groups is 1.